The zero-order valence-corrected chi connectivity index (χ0v) is 17.4. The number of benzene rings is 2. The lowest BCUT2D eigenvalue weighted by Crippen LogP contribution is -2.20. The summed E-state index contributed by atoms with van der Waals surface area (Å²) in [5.74, 6) is -0.373. The van der Waals surface area contributed by atoms with Gasteiger partial charge < -0.3 is 14.8 Å². The highest BCUT2D eigenvalue weighted by Crippen LogP contribution is 2.33. The fourth-order valence-electron chi connectivity index (χ4n) is 2.81. The first kappa shape index (κ1) is 21.1. The van der Waals surface area contributed by atoms with E-state index in [2.05, 4.69) is 5.32 Å². The van der Waals surface area contributed by atoms with Gasteiger partial charge >= 0.3 is 5.97 Å². The molecule has 1 aromatic heterocycles. The van der Waals surface area contributed by atoms with Crippen molar-refractivity contribution in [1.82, 2.24) is 0 Å². The number of nitrogens with one attached hydrogen (secondary N) is 1. The Morgan fingerprint density at radius 2 is 1.73 bits per heavy atom. The normalized spacial score (nSPS) is 10.2. The molecule has 0 unspecified atom stereocenters. The van der Waals surface area contributed by atoms with Crippen molar-refractivity contribution in [3.63, 3.8) is 0 Å². The lowest BCUT2D eigenvalue weighted by Gasteiger charge is -2.08. The summed E-state index contributed by atoms with van der Waals surface area (Å²) in [5.41, 5.74) is 2.89. The SMILES string of the molecule is CCOC(=O)c1sc(NC(=O)COc2ccc(-c3ccccc3)cc2)c(C#N)c1C. The minimum Gasteiger partial charge on any atom is -0.484 e. The van der Waals surface area contributed by atoms with Gasteiger partial charge in [0.05, 0.1) is 12.2 Å². The molecule has 30 heavy (non-hydrogen) atoms. The van der Waals surface area contributed by atoms with Gasteiger partial charge in [0.1, 0.15) is 21.7 Å². The van der Waals surface area contributed by atoms with Crippen molar-refractivity contribution in [3.05, 3.63) is 70.6 Å². The van der Waals surface area contributed by atoms with E-state index in [1.54, 1.807) is 26.0 Å². The molecule has 0 radical (unpaired) electrons. The highest BCUT2D eigenvalue weighted by molar-refractivity contribution is 7.18. The molecule has 0 aliphatic carbocycles. The topological polar surface area (TPSA) is 88.4 Å². The first-order valence-corrected chi connectivity index (χ1v) is 10.1. The Morgan fingerprint density at radius 1 is 1.07 bits per heavy atom. The maximum Gasteiger partial charge on any atom is 0.348 e. The van der Waals surface area contributed by atoms with E-state index < -0.39 is 11.9 Å². The summed E-state index contributed by atoms with van der Waals surface area (Å²) in [5, 5.41) is 12.3. The molecule has 0 spiro atoms. The van der Waals surface area contributed by atoms with E-state index in [-0.39, 0.29) is 18.8 Å². The van der Waals surface area contributed by atoms with E-state index >= 15 is 0 Å². The summed E-state index contributed by atoms with van der Waals surface area (Å²) in [6.07, 6.45) is 0. The molecule has 1 heterocycles. The highest BCUT2D eigenvalue weighted by atomic mass is 32.1. The zero-order valence-electron chi connectivity index (χ0n) is 16.6. The van der Waals surface area contributed by atoms with Crippen LogP contribution in [0.3, 0.4) is 0 Å². The van der Waals surface area contributed by atoms with E-state index in [4.69, 9.17) is 9.47 Å². The van der Waals surface area contributed by atoms with Crippen molar-refractivity contribution in [1.29, 1.82) is 5.26 Å². The third-order valence-corrected chi connectivity index (χ3v) is 5.49. The minimum absolute atomic E-state index is 0.221. The van der Waals surface area contributed by atoms with Crippen LogP contribution >= 0.6 is 11.3 Å². The second kappa shape index (κ2) is 9.72. The molecule has 0 saturated heterocycles. The maximum absolute atomic E-state index is 12.3. The van der Waals surface area contributed by atoms with Crippen LogP contribution in [0, 0.1) is 18.3 Å². The van der Waals surface area contributed by atoms with Gasteiger partial charge in [0.25, 0.3) is 5.91 Å². The Morgan fingerprint density at radius 3 is 2.37 bits per heavy atom. The number of nitriles is 1. The molecular weight excluding hydrogens is 400 g/mol. The number of amides is 1. The van der Waals surface area contributed by atoms with E-state index in [0.717, 1.165) is 22.5 Å². The molecule has 6 nitrogen and oxygen atoms in total. The van der Waals surface area contributed by atoms with Crippen molar-refractivity contribution >= 4 is 28.2 Å². The summed E-state index contributed by atoms with van der Waals surface area (Å²) in [6, 6.07) is 19.4. The number of hydrogen-bond acceptors (Lipinski definition) is 6. The Bertz CT molecular complexity index is 1080. The third-order valence-electron chi connectivity index (χ3n) is 4.30. The fraction of sp³-hybridized carbons (Fsp3) is 0.174. The number of anilines is 1. The maximum atomic E-state index is 12.3. The number of rotatable bonds is 7. The van der Waals surface area contributed by atoms with Crippen molar-refractivity contribution in [3.8, 4) is 22.9 Å². The standard InChI is InChI=1S/C23H20N2O4S/c1-3-28-23(27)21-15(2)19(13-24)22(30-21)25-20(26)14-29-18-11-9-17(10-12-18)16-7-5-4-6-8-16/h4-12H,3,14H2,1-2H3,(H,25,26). The zero-order chi connectivity index (χ0) is 21.5. The quantitative estimate of drug-likeness (QED) is 0.555. The Labute approximate surface area is 178 Å². The van der Waals surface area contributed by atoms with Crippen LogP contribution in [0.2, 0.25) is 0 Å². The molecule has 7 heteroatoms. The van der Waals surface area contributed by atoms with Gasteiger partial charge in [-0.15, -0.1) is 11.3 Å². The van der Waals surface area contributed by atoms with Gasteiger partial charge in [0.15, 0.2) is 6.61 Å². The van der Waals surface area contributed by atoms with Crippen LogP contribution in [-0.2, 0) is 9.53 Å². The number of hydrogen-bond donors (Lipinski definition) is 1. The molecule has 0 fully saturated rings. The number of nitrogens with zero attached hydrogens (tertiary/aromatic N) is 1. The Hall–Kier alpha value is -3.63. The van der Waals surface area contributed by atoms with Crippen LogP contribution in [-0.4, -0.2) is 25.1 Å². The second-order valence-electron chi connectivity index (χ2n) is 6.32. The molecule has 0 atom stereocenters. The van der Waals surface area contributed by atoms with Crippen LogP contribution in [0.1, 0.15) is 27.7 Å². The molecule has 152 valence electrons. The molecule has 3 rings (SSSR count). The largest absolute Gasteiger partial charge is 0.484 e. The molecule has 1 amide bonds. The number of carbonyl (C=O) groups excluding carboxylic acids is 2. The molecule has 0 saturated carbocycles. The van der Waals surface area contributed by atoms with Crippen LogP contribution in [0.15, 0.2) is 54.6 Å². The molecule has 2 aromatic carbocycles. The molecule has 1 N–H and O–H groups in total. The van der Waals surface area contributed by atoms with E-state index in [1.807, 2.05) is 48.5 Å². The summed E-state index contributed by atoms with van der Waals surface area (Å²) in [7, 11) is 0. The molecule has 0 aliphatic rings. The van der Waals surface area contributed by atoms with Gasteiger partial charge in [-0.25, -0.2) is 4.79 Å². The Balaban J connectivity index is 1.63. The number of thiophene rings is 1. The van der Waals surface area contributed by atoms with Crippen molar-refractivity contribution in [2.45, 2.75) is 13.8 Å². The average Bonchev–Trinajstić information content (AvgIpc) is 3.08. The van der Waals surface area contributed by atoms with Gasteiger partial charge in [0, 0.05) is 0 Å². The van der Waals surface area contributed by atoms with Gasteiger partial charge in [-0.2, -0.15) is 5.26 Å². The van der Waals surface area contributed by atoms with Gasteiger partial charge in [-0.1, -0.05) is 42.5 Å². The van der Waals surface area contributed by atoms with Crippen molar-refractivity contribution in [2.75, 3.05) is 18.5 Å². The minimum atomic E-state index is -0.508. The summed E-state index contributed by atoms with van der Waals surface area (Å²) in [6.45, 7) is 3.37. The lowest BCUT2D eigenvalue weighted by molar-refractivity contribution is -0.118. The van der Waals surface area contributed by atoms with Crippen molar-refractivity contribution in [2.24, 2.45) is 0 Å². The summed E-state index contributed by atoms with van der Waals surface area (Å²) < 4.78 is 10.5. The second-order valence-corrected chi connectivity index (χ2v) is 7.34. The number of carbonyl (C=O) groups is 2. The number of esters is 1. The smallest absolute Gasteiger partial charge is 0.348 e. The summed E-state index contributed by atoms with van der Waals surface area (Å²) in [4.78, 5) is 24.6. The summed E-state index contributed by atoms with van der Waals surface area (Å²) >= 11 is 1.02. The Kier molecular flexibility index (Phi) is 6.83. The third kappa shape index (κ3) is 4.85. The predicted molar refractivity (Wildman–Crippen MR) is 116 cm³/mol. The molecule has 0 aliphatic heterocycles. The first-order chi connectivity index (χ1) is 14.5. The number of ether oxygens (including phenoxy) is 2. The van der Waals surface area contributed by atoms with Crippen LogP contribution in [0.25, 0.3) is 11.1 Å². The van der Waals surface area contributed by atoms with Crippen molar-refractivity contribution < 1.29 is 19.1 Å². The molecular formula is C23H20N2O4S. The van der Waals surface area contributed by atoms with Gasteiger partial charge in [-0.05, 0) is 42.7 Å². The van der Waals surface area contributed by atoms with Crippen LogP contribution in [0.4, 0.5) is 5.00 Å². The first-order valence-electron chi connectivity index (χ1n) is 9.32. The monoisotopic (exact) mass is 420 g/mol. The van der Waals surface area contributed by atoms with Crippen LogP contribution < -0.4 is 10.1 Å². The van der Waals surface area contributed by atoms with Crippen LogP contribution in [0.5, 0.6) is 5.75 Å². The van der Waals surface area contributed by atoms with E-state index in [1.165, 1.54) is 0 Å². The van der Waals surface area contributed by atoms with E-state index in [0.29, 0.717) is 21.2 Å². The molecule has 0 bridgehead atoms. The fourth-order valence-corrected chi connectivity index (χ4v) is 3.88. The molecule has 3 aromatic rings. The highest BCUT2D eigenvalue weighted by Gasteiger charge is 2.22. The van der Waals surface area contributed by atoms with Gasteiger partial charge in [0.2, 0.25) is 0 Å². The lowest BCUT2D eigenvalue weighted by atomic mass is 10.1. The predicted octanol–water partition coefficient (Wildman–Crippen LogP) is 4.79. The van der Waals surface area contributed by atoms with Gasteiger partial charge in [-0.3, -0.25) is 4.79 Å². The average molecular weight is 420 g/mol. The van der Waals surface area contributed by atoms with E-state index in [9.17, 15) is 14.9 Å².